The average molecular weight is 457 g/mol. The van der Waals surface area contributed by atoms with Gasteiger partial charge in [-0.2, -0.15) is 4.99 Å². The molecular weight excluding hydrogens is 432 g/mol. The fourth-order valence-electron chi connectivity index (χ4n) is 4.21. The fourth-order valence-corrected chi connectivity index (χ4v) is 5.02. The SMILES string of the molecule is CC1=CN2C(=N)C(=Cc3cn(CCOc4c(C)cccc4C)c4ccccc34)C(=O)N=C2S1. The molecule has 0 saturated carbocycles. The monoisotopic (exact) mass is 456 g/mol. The van der Waals surface area contributed by atoms with E-state index in [1.54, 1.807) is 11.0 Å². The van der Waals surface area contributed by atoms with Gasteiger partial charge in [0.05, 0.1) is 12.1 Å². The van der Waals surface area contributed by atoms with Crippen molar-refractivity contribution in [3.8, 4) is 5.75 Å². The van der Waals surface area contributed by atoms with Crippen LogP contribution < -0.4 is 4.74 Å². The van der Waals surface area contributed by atoms with E-state index in [0.717, 1.165) is 38.2 Å². The molecule has 0 bridgehead atoms. The second-order valence-electron chi connectivity index (χ2n) is 8.18. The summed E-state index contributed by atoms with van der Waals surface area (Å²) in [7, 11) is 0. The number of aromatic nitrogens is 1. The third-order valence-electron chi connectivity index (χ3n) is 5.80. The first-order valence-corrected chi connectivity index (χ1v) is 11.6. The van der Waals surface area contributed by atoms with E-state index in [1.807, 2.05) is 43.6 Å². The minimum absolute atomic E-state index is 0.157. The molecule has 0 fully saturated rings. The highest BCUT2D eigenvalue weighted by atomic mass is 32.2. The topological polar surface area (TPSA) is 70.7 Å². The predicted octanol–water partition coefficient (Wildman–Crippen LogP) is 5.50. The lowest BCUT2D eigenvalue weighted by Crippen LogP contribution is -2.35. The van der Waals surface area contributed by atoms with Crippen molar-refractivity contribution in [2.45, 2.75) is 27.3 Å². The van der Waals surface area contributed by atoms with E-state index in [9.17, 15) is 4.79 Å². The molecule has 0 radical (unpaired) electrons. The number of amidine groups is 2. The Balaban J connectivity index is 1.45. The number of benzene rings is 2. The molecule has 166 valence electrons. The largest absolute Gasteiger partial charge is 0.491 e. The minimum atomic E-state index is -0.378. The molecule has 3 heterocycles. The van der Waals surface area contributed by atoms with Crippen LogP contribution in [0.25, 0.3) is 17.0 Å². The third-order valence-corrected chi connectivity index (χ3v) is 6.70. The first-order valence-electron chi connectivity index (χ1n) is 10.8. The summed E-state index contributed by atoms with van der Waals surface area (Å²) in [4.78, 5) is 19.6. The van der Waals surface area contributed by atoms with Crippen LogP contribution in [0.5, 0.6) is 5.75 Å². The Morgan fingerprint density at radius 2 is 1.85 bits per heavy atom. The highest BCUT2D eigenvalue weighted by Crippen LogP contribution is 2.33. The quantitative estimate of drug-likeness (QED) is 0.515. The van der Waals surface area contributed by atoms with E-state index in [2.05, 4.69) is 41.6 Å². The summed E-state index contributed by atoms with van der Waals surface area (Å²) in [5, 5.41) is 10.1. The number of aryl methyl sites for hydroxylation is 2. The summed E-state index contributed by atoms with van der Waals surface area (Å²) in [5.74, 6) is 0.708. The normalized spacial score (nSPS) is 16.9. The molecule has 1 amide bonds. The molecule has 0 spiro atoms. The number of carbonyl (C=O) groups excluding carboxylic acids is 1. The Kier molecular flexibility index (Phi) is 5.42. The zero-order valence-corrected chi connectivity index (χ0v) is 19.6. The number of rotatable bonds is 5. The van der Waals surface area contributed by atoms with Gasteiger partial charge in [-0.3, -0.25) is 15.1 Å². The van der Waals surface area contributed by atoms with Crippen LogP contribution in [0.3, 0.4) is 0 Å². The molecule has 3 aromatic rings. The predicted molar refractivity (Wildman–Crippen MR) is 135 cm³/mol. The number of carbonyl (C=O) groups is 1. The minimum Gasteiger partial charge on any atom is -0.491 e. The van der Waals surface area contributed by atoms with E-state index in [0.29, 0.717) is 23.9 Å². The molecular formula is C26H24N4O2S. The van der Waals surface area contributed by atoms with E-state index in [1.165, 1.54) is 11.8 Å². The lowest BCUT2D eigenvalue weighted by atomic mass is 10.1. The number of hydrogen-bond donors (Lipinski definition) is 1. The van der Waals surface area contributed by atoms with Gasteiger partial charge >= 0.3 is 0 Å². The van der Waals surface area contributed by atoms with Crippen LogP contribution in [0.1, 0.15) is 23.6 Å². The van der Waals surface area contributed by atoms with Crippen LogP contribution in [0.2, 0.25) is 0 Å². The second kappa shape index (κ2) is 8.41. The highest BCUT2D eigenvalue weighted by Gasteiger charge is 2.33. The Hall–Kier alpha value is -3.58. The van der Waals surface area contributed by atoms with Gasteiger partial charge in [0.15, 0.2) is 5.17 Å². The summed E-state index contributed by atoms with van der Waals surface area (Å²) in [6, 6.07) is 14.2. The Morgan fingerprint density at radius 1 is 1.09 bits per heavy atom. The van der Waals surface area contributed by atoms with Gasteiger partial charge in [-0.25, -0.2) is 0 Å². The molecule has 1 N–H and O–H groups in total. The molecule has 33 heavy (non-hydrogen) atoms. The molecule has 6 nitrogen and oxygen atoms in total. The molecule has 1 aromatic heterocycles. The summed E-state index contributed by atoms with van der Waals surface area (Å²) in [6.07, 6.45) is 5.65. The van der Waals surface area contributed by atoms with E-state index in [-0.39, 0.29) is 11.7 Å². The van der Waals surface area contributed by atoms with E-state index < -0.39 is 0 Å². The van der Waals surface area contributed by atoms with Gasteiger partial charge in [0.25, 0.3) is 5.91 Å². The summed E-state index contributed by atoms with van der Waals surface area (Å²) in [6.45, 7) is 7.24. The van der Waals surface area contributed by atoms with Gasteiger partial charge in [0, 0.05) is 33.8 Å². The molecule has 0 atom stereocenters. The number of aliphatic imine (C=N–C) groups is 1. The molecule has 2 aromatic carbocycles. The van der Waals surface area contributed by atoms with Crippen LogP contribution in [0.4, 0.5) is 0 Å². The average Bonchev–Trinajstić information content (AvgIpc) is 3.33. The van der Waals surface area contributed by atoms with Gasteiger partial charge in [0.2, 0.25) is 0 Å². The summed E-state index contributed by atoms with van der Waals surface area (Å²) >= 11 is 1.41. The number of nitrogens with one attached hydrogen (secondary N) is 1. The maximum absolute atomic E-state index is 12.7. The van der Waals surface area contributed by atoms with Gasteiger partial charge in [0.1, 0.15) is 18.2 Å². The van der Waals surface area contributed by atoms with E-state index >= 15 is 0 Å². The number of allylic oxidation sites excluding steroid dienone is 1. The first kappa shape index (κ1) is 21.3. The molecule has 0 aliphatic carbocycles. The highest BCUT2D eigenvalue weighted by molar-refractivity contribution is 8.17. The van der Waals surface area contributed by atoms with Crippen molar-refractivity contribution in [3.05, 3.63) is 82.0 Å². The van der Waals surface area contributed by atoms with Crippen molar-refractivity contribution in [2.75, 3.05) is 6.61 Å². The van der Waals surface area contributed by atoms with E-state index in [4.69, 9.17) is 10.1 Å². The van der Waals surface area contributed by atoms with Crippen molar-refractivity contribution in [1.82, 2.24) is 9.47 Å². The van der Waals surface area contributed by atoms with Crippen LogP contribution in [0.15, 0.2) is 70.3 Å². The number of para-hydroxylation sites is 2. The number of thioether (sulfide) groups is 1. The number of fused-ring (bicyclic) bond motifs is 2. The molecule has 0 saturated heterocycles. The summed E-state index contributed by atoms with van der Waals surface area (Å²) < 4.78 is 8.25. The lowest BCUT2D eigenvalue weighted by Gasteiger charge is -2.22. The Labute approximate surface area is 196 Å². The molecule has 5 rings (SSSR count). The second-order valence-corrected chi connectivity index (χ2v) is 9.40. The molecule has 2 aliphatic heterocycles. The van der Waals surface area contributed by atoms with Crippen LogP contribution in [-0.4, -0.2) is 33.0 Å². The maximum atomic E-state index is 12.7. The zero-order chi connectivity index (χ0) is 23.1. The molecule has 2 aliphatic rings. The van der Waals surface area contributed by atoms with Crippen molar-refractivity contribution < 1.29 is 9.53 Å². The smallest absolute Gasteiger partial charge is 0.283 e. The Morgan fingerprint density at radius 3 is 2.64 bits per heavy atom. The van der Waals surface area contributed by atoms with Gasteiger partial charge in [-0.15, -0.1) is 0 Å². The molecule has 0 unspecified atom stereocenters. The third kappa shape index (κ3) is 3.89. The van der Waals surface area contributed by atoms with Crippen LogP contribution >= 0.6 is 11.8 Å². The van der Waals surface area contributed by atoms with Crippen LogP contribution in [0, 0.1) is 19.3 Å². The lowest BCUT2D eigenvalue weighted by molar-refractivity contribution is -0.114. The van der Waals surface area contributed by atoms with Crippen molar-refractivity contribution in [2.24, 2.45) is 4.99 Å². The van der Waals surface area contributed by atoms with Gasteiger partial charge in [-0.05, 0) is 44.0 Å². The summed E-state index contributed by atoms with van der Waals surface area (Å²) in [5.41, 5.74) is 4.48. The Bertz CT molecular complexity index is 1380. The van der Waals surface area contributed by atoms with Crippen LogP contribution in [-0.2, 0) is 11.3 Å². The fraction of sp³-hybridized carbons (Fsp3) is 0.192. The molecule has 7 heteroatoms. The number of amides is 1. The first-order chi connectivity index (χ1) is 15.9. The standard InChI is InChI=1S/C26H24N4O2S/c1-16-7-6-8-17(2)23(16)32-12-11-29-15-19(20-9-4-5-10-22(20)29)13-21-24(27)30-14-18(3)33-26(30)28-25(21)31/h4-10,13-15,27H,11-12H2,1-3H3. The van der Waals surface area contributed by atoms with Gasteiger partial charge < -0.3 is 9.30 Å². The van der Waals surface area contributed by atoms with Crippen molar-refractivity contribution >= 4 is 45.7 Å². The van der Waals surface area contributed by atoms with Gasteiger partial charge in [-0.1, -0.05) is 48.2 Å². The van der Waals surface area contributed by atoms with Crippen molar-refractivity contribution in [3.63, 3.8) is 0 Å². The number of hydrogen-bond acceptors (Lipinski definition) is 4. The number of ether oxygens (including phenoxy) is 1. The maximum Gasteiger partial charge on any atom is 0.283 e. The number of nitrogens with zero attached hydrogens (tertiary/aromatic N) is 3. The zero-order valence-electron chi connectivity index (χ0n) is 18.8. The van der Waals surface area contributed by atoms with Crippen molar-refractivity contribution in [1.29, 1.82) is 5.41 Å².